The number of hydrogen-bond donors (Lipinski definition) is 0. The van der Waals surface area contributed by atoms with Crippen LogP contribution >= 0.6 is 6.26 Å². The molecule has 0 rings (SSSR count). The maximum absolute atomic E-state index is 5.68. The Balaban J connectivity index is 3.64. The van der Waals surface area contributed by atoms with Crippen molar-refractivity contribution in [1.29, 1.82) is 0 Å². The van der Waals surface area contributed by atoms with E-state index in [-0.39, 0.29) is 0 Å². The Labute approximate surface area is 88.3 Å². The molecule has 0 aromatic carbocycles. The van der Waals surface area contributed by atoms with Gasteiger partial charge in [-0.05, 0) is 25.7 Å². The zero-order valence-electron chi connectivity index (χ0n) is 9.21. The normalized spacial score (nSPS) is 15.6. The predicted octanol–water partition coefficient (Wildman–Crippen LogP) is 4.02. The molecule has 3 heteroatoms. The van der Waals surface area contributed by atoms with E-state index in [2.05, 4.69) is 13.8 Å². The summed E-state index contributed by atoms with van der Waals surface area (Å²) in [6, 6.07) is 0. The highest BCUT2D eigenvalue weighted by Crippen LogP contribution is 2.47. The third kappa shape index (κ3) is 6.65. The average Bonchev–Trinajstić information content (AvgIpc) is 2.13. The largest absolute Gasteiger partial charge is 0.351 e. The van der Waals surface area contributed by atoms with Crippen LogP contribution in [0.1, 0.15) is 46.5 Å². The minimum atomic E-state index is -1.41. The molecule has 0 heterocycles. The Kier molecular flexibility index (Phi) is 8.34. The van der Waals surface area contributed by atoms with Gasteiger partial charge < -0.3 is 4.52 Å². The molecule has 0 saturated heterocycles. The minimum Gasteiger partial charge on any atom is -0.351 e. The fraction of sp³-hybridized carbons (Fsp3) is 1.00. The molecular weight excluding hydrogens is 199 g/mol. The fourth-order valence-electron chi connectivity index (χ4n) is 1.33. The van der Waals surface area contributed by atoms with Crippen molar-refractivity contribution in [2.75, 3.05) is 18.9 Å². The van der Waals surface area contributed by atoms with E-state index >= 15 is 0 Å². The molecular formula is C10H23OPS. The first-order valence-corrected chi connectivity index (χ1v) is 8.50. The van der Waals surface area contributed by atoms with Crippen molar-refractivity contribution in [3.8, 4) is 0 Å². The van der Waals surface area contributed by atoms with Gasteiger partial charge in [0.2, 0.25) is 0 Å². The van der Waals surface area contributed by atoms with Gasteiger partial charge >= 0.3 is 0 Å². The number of rotatable bonds is 8. The van der Waals surface area contributed by atoms with Crippen molar-refractivity contribution in [3.05, 3.63) is 0 Å². The zero-order valence-corrected chi connectivity index (χ0v) is 10.9. The summed E-state index contributed by atoms with van der Waals surface area (Å²) in [4.78, 5) is 0. The highest BCUT2D eigenvalue weighted by Gasteiger charge is 2.13. The first-order chi connectivity index (χ1) is 6.18. The van der Waals surface area contributed by atoms with Gasteiger partial charge in [-0.2, -0.15) is 0 Å². The van der Waals surface area contributed by atoms with Gasteiger partial charge in [-0.3, -0.25) is 0 Å². The molecule has 80 valence electrons. The Bertz CT molecular complexity index is 159. The highest BCUT2D eigenvalue weighted by molar-refractivity contribution is 8.12. The van der Waals surface area contributed by atoms with E-state index in [0.717, 1.165) is 18.9 Å². The van der Waals surface area contributed by atoms with Crippen LogP contribution in [0.5, 0.6) is 0 Å². The van der Waals surface area contributed by atoms with E-state index in [0.29, 0.717) is 0 Å². The van der Waals surface area contributed by atoms with E-state index in [4.69, 9.17) is 16.3 Å². The lowest BCUT2D eigenvalue weighted by atomic mass is 10.2. The summed E-state index contributed by atoms with van der Waals surface area (Å²) in [5.74, 6) is 0. The Morgan fingerprint density at radius 2 is 1.77 bits per heavy atom. The second kappa shape index (κ2) is 7.96. The molecule has 0 aliphatic carbocycles. The maximum atomic E-state index is 5.68. The summed E-state index contributed by atoms with van der Waals surface area (Å²) in [6.07, 6.45) is 6.01. The van der Waals surface area contributed by atoms with Gasteiger partial charge in [0.25, 0.3) is 0 Å². The molecule has 0 aliphatic rings. The highest BCUT2D eigenvalue weighted by atomic mass is 32.4. The zero-order chi connectivity index (χ0) is 10.2. The van der Waals surface area contributed by atoms with E-state index in [1.54, 1.807) is 0 Å². The molecule has 1 unspecified atom stereocenters. The molecule has 0 aromatic rings. The minimum absolute atomic E-state index is 0.791. The molecule has 0 aliphatic heterocycles. The number of hydrogen-bond acceptors (Lipinski definition) is 2. The second-order valence-electron chi connectivity index (χ2n) is 3.33. The van der Waals surface area contributed by atoms with Crippen LogP contribution in [0, 0.1) is 0 Å². The van der Waals surface area contributed by atoms with Crippen LogP contribution in [0.2, 0.25) is 0 Å². The standard InChI is InChI=1S/C10H23OPS/c1-4-7-8-9-10-12(13,6-3)11-5-2/h4-10H2,1-3H3. The molecule has 1 atom stereocenters. The van der Waals surface area contributed by atoms with Gasteiger partial charge in [-0.1, -0.05) is 44.9 Å². The molecule has 13 heavy (non-hydrogen) atoms. The van der Waals surface area contributed by atoms with Crippen LogP contribution < -0.4 is 0 Å². The van der Waals surface area contributed by atoms with Gasteiger partial charge in [-0.25, -0.2) is 0 Å². The van der Waals surface area contributed by atoms with E-state index in [1.807, 2.05) is 6.92 Å². The second-order valence-corrected chi connectivity index (χ2v) is 8.30. The van der Waals surface area contributed by atoms with E-state index in [9.17, 15) is 0 Å². The molecule has 0 spiro atoms. The molecule has 0 saturated carbocycles. The molecule has 0 N–H and O–H groups in total. The molecule has 1 nitrogen and oxygen atoms in total. The summed E-state index contributed by atoms with van der Waals surface area (Å²) in [5, 5.41) is 0. The molecule has 0 fully saturated rings. The Morgan fingerprint density at radius 1 is 1.08 bits per heavy atom. The average molecular weight is 222 g/mol. The predicted molar refractivity (Wildman–Crippen MR) is 65.5 cm³/mol. The quantitative estimate of drug-likeness (QED) is 0.453. The first-order valence-electron chi connectivity index (χ1n) is 5.41. The van der Waals surface area contributed by atoms with Gasteiger partial charge in [0.1, 0.15) is 0 Å². The van der Waals surface area contributed by atoms with E-state index in [1.165, 1.54) is 25.7 Å². The van der Waals surface area contributed by atoms with Gasteiger partial charge in [0, 0.05) is 6.61 Å². The summed E-state index contributed by atoms with van der Waals surface area (Å²) >= 11 is 5.54. The summed E-state index contributed by atoms with van der Waals surface area (Å²) < 4.78 is 5.68. The SMILES string of the molecule is CCCCCCP(=S)(CC)OCC. The third-order valence-electron chi connectivity index (χ3n) is 2.20. The molecule has 0 amide bonds. The molecule has 0 aromatic heterocycles. The van der Waals surface area contributed by atoms with Gasteiger partial charge in [0.15, 0.2) is 0 Å². The summed E-state index contributed by atoms with van der Waals surface area (Å²) in [6.45, 7) is 7.23. The topological polar surface area (TPSA) is 9.23 Å². The van der Waals surface area contributed by atoms with Gasteiger partial charge in [-0.15, -0.1) is 0 Å². The lowest BCUT2D eigenvalue weighted by Crippen LogP contribution is -1.97. The van der Waals surface area contributed by atoms with E-state index < -0.39 is 6.26 Å². The van der Waals surface area contributed by atoms with Crippen molar-refractivity contribution in [2.24, 2.45) is 0 Å². The van der Waals surface area contributed by atoms with Crippen molar-refractivity contribution in [1.82, 2.24) is 0 Å². The van der Waals surface area contributed by atoms with Crippen LogP contribution in [0.25, 0.3) is 0 Å². The fourth-order valence-corrected chi connectivity index (χ4v) is 3.84. The molecule has 0 bridgehead atoms. The van der Waals surface area contributed by atoms with Crippen molar-refractivity contribution in [2.45, 2.75) is 46.5 Å². The van der Waals surface area contributed by atoms with Gasteiger partial charge in [0.05, 0.1) is 6.26 Å². The molecule has 0 radical (unpaired) electrons. The van der Waals surface area contributed by atoms with Crippen LogP contribution in [0.15, 0.2) is 0 Å². The monoisotopic (exact) mass is 222 g/mol. The smallest absolute Gasteiger partial charge is 0.0671 e. The van der Waals surface area contributed by atoms with Crippen LogP contribution in [-0.2, 0) is 16.3 Å². The third-order valence-corrected chi connectivity index (χ3v) is 6.53. The lowest BCUT2D eigenvalue weighted by Gasteiger charge is -2.19. The van der Waals surface area contributed by atoms with Crippen molar-refractivity contribution in [3.63, 3.8) is 0 Å². The lowest BCUT2D eigenvalue weighted by molar-refractivity contribution is 0.375. The maximum Gasteiger partial charge on any atom is 0.0671 e. The van der Waals surface area contributed by atoms with Crippen LogP contribution in [0.3, 0.4) is 0 Å². The van der Waals surface area contributed by atoms with Crippen molar-refractivity contribution >= 4 is 18.1 Å². The first kappa shape index (κ1) is 13.6. The number of unbranched alkanes of at least 4 members (excludes halogenated alkanes) is 3. The Morgan fingerprint density at radius 3 is 2.23 bits per heavy atom. The summed E-state index contributed by atoms with van der Waals surface area (Å²) in [5.41, 5.74) is 0. The van der Waals surface area contributed by atoms with Crippen molar-refractivity contribution < 1.29 is 4.52 Å². The van der Waals surface area contributed by atoms with Crippen LogP contribution in [-0.4, -0.2) is 18.9 Å². The van der Waals surface area contributed by atoms with Crippen LogP contribution in [0.4, 0.5) is 0 Å². The Hall–Kier alpha value is 0.610. The summed E-state index contributed by atoms with van der Waals surface area (Å²) in [7, 11) is 0.